The van der Waals surface area contributed by atoms with Crippen molar-refractivity contribution in [1.82, 2.24) is 19.6 Å². The Kier molecular flexibility index (Phi) is 5.08. The Morgan fingerprint density at radius 2 is 1.50 bits per heavy atom. The number of nitrogens with zero attached hydrogens (tertiary/aromatic N) is 4. The van der Waals surface area contributed by atoms with Crippen LogP contribution >= 0.6 is 11.6 Å². The van der Waals surface area contributed by atoms with Gasteiger partial charge < -0.3 is 0 Å². The second kappa shape index (κ2) is 7.62. The molecule has 0 amide bonds. The Hall–Kier alpha value is -2.85. The first kappa shape index (κ1) is 16.0. The van der Waals surface area contributed by atoms with E-state index in [9.17, 15) is 0 Å². The normalized spacial score (nSPS) is 10.1. The van der Waals surface area contributed by atoms with Crippen LogP contribution in [0.5, 0.6) is 0 Å². The molecule has 0 aliphatic rings. The molecule has 0 aliphatic carbocycles. The summed E-state index contributed by atoms with van der Waals surface area (Å²) in [6.45, 7) is 2.08. The molecule has 120 valence electrons. The highest BCUT2D eigenvalue weighted by atomic mass is 35.5. The summed E-state index contributed by atoms with van der Waals surface area (Å²) < 4.78 is 3.59. The zero-order chi connectivity index (χ0) is 16.8. The van der Waals surface area contributed by atoms with Crippen molar-refractivity contribution < 1.29 is 0 Å². The quantitative estimate of drug-likeness (QED) is 0.531. The fourth-order valence-electron chi connectivity index (χ4n) is 2.24. The fourth-order valence-corrected chi connectivity index (χ4v) is 2.46. The molecule has 0 saturated heterocycles. The van der Waals surface area contributed by atoms with E-state index in [1.165, 1.54) is 5.56 Å². The van der Waals surface area contributed by atoms with E-state index < -0.39 is 0 Å². The van der Waals surface area contributed by atoms with Gasteiger partial charge in [0.05, 0.1) is 16.4 Å². The van der Waals surface area contributed by atoms with Crippen LogP contribution in [-0.2, 0) is 0 Å². The van der Waals surface area contributed by atoms with Crippen molar-refractivity contribution in [1.29, 1.82) is 0 Å². The molecule has 2 aromatic heterocycles. The van der Waals surface area contributed by atoms with Gasteiger partial charge in [0.25, 0.3) is 0 Å². The van der Waals surface area contributed by atoms with Gasteiger partial charge in [-0.15, -0.1) is 0 Å². The highest BCUT2D eigenvalue weighted by Crippen LogP contribution is 2.18. The maximum atomic E-state index is 5.95. The highest BCUT2D eigenvalue weighted by Gasteiger charge is 1.99. The van der Waals surface area contributed by atoms with E-state index in [0.29, 0.717) is 5.02 Å². The maximum absolute atomic E-state index is 5.95. The minimum absolute atomic E-state index is 0.709. The summed E-state index contributed by atoms with van der Waals surface area (Å²) >= 11 is 5.95. The number of rotatable bonds is 2. The second-order valence-electron chi connectivity index (χ2n) is 5.19. The van der Waals surface area contributed by atoms with Crippen LogP contribution in [0, 0.1) is 6.92 Å². The summed E-state index contributed by atoms with van der Waals surface area (Å²) in [5.74, 6) is 0. The summed E-state index contributed by atoms with van der Waals surface area (Å²) in [5, 5.41) is 8.93. The van der Waals surface area contributed by atoms with E-state index in [4.69, 9.17) is 11.6 Å². The lowest BCUT2D eigenvalue weighted by molar-refractivity contribution is 0.879. The predicted molar refractivity (Wildman–Crippen MR) is 96.9 cm³/mol. The molecule has 0 unspecified atom stereocenters. The molecule has 5 heteroatoms. The second-order valence-corrected chi connectivity index (χ2v) is 5.60. The molecule has 0 N–H and O–H groups in total. The number of aromatic nitrogens is 4. The topological polar surface area (TPSA) is 35.6 Å². The lowest BCUT2D eigenvalue weighted by Crippen LogP contribution is -1.93. The summed E-state index contributed by atoms with van der Waals surface area (Å²) in [6, 6.07) is 19.6. The summed E-state index contributed by atoms with van der Waals surface area (Å²) in [7, 11) is 0. The van der Waals surface area contributed by atoms with Crippen LogP contribution < -0.4 is 0 Å². The third kappa shape index (κ3) is 3.91. The van der Waals surface area contributed by atoms with Crippen LogP contribution in [0.4, 0.5) is 0 Å². The molecule has 2 heterocycles. The van der Waals surface area contributed by atoms with Gasteiger partial charge in [0.15, 0.2) is 0 Å². The highest BCUT2D eigenvalue weighted by molar-refractivity contribution is 6.32. The van der Waals surface area contributed by atoms with Crippen molar-refractivity contribution in [2.24, 2.45) is 0 Å². The molecular weight excluding hydrogens is 320 g/mol. The molecule has 0 radical (unpaired) electrons. The Morgan fingerprint density at radius 1 is 0.792 bits per heavy atom. The van der Waals surface area contributed by atoms with Gasteiger partial charge in [-0.05, 0) is 48.9 Å². The minimum Gasteiger partial charge on any atom is -0.241 e. The molecule has 0 atom stereocenters. The maximum Gasteiger partial charge on any atom is 0.0831 e. The lowest BCUT2D eigenvalue weighted by Gasteiger charge is -2.01. The predicted octanol–water partition coefficient (Wildman–Crippen LogP) is 4.71. The van der Waals surface area contributed by atoms with Gasteiger partial charge in [0.2, 0.25) is 0 Å². The monoisotopic (exact) mass is 336 g/mol. The molecule has 0 saturated carbocycles. The van der Waals surface area contributed by atoms with Crippen molar-refractivity contribution >= 4 is 11.6 Å². The number of para-hydroxylation sites is 1. The molecule has 4 rings (SSSR count). The van der Waals surface area contributed by atoms with Crippen molar-refractivity contribution in [2.75, 3.05) is 0 Å². The molecule has 4 nitrogen and oxygen atoms in total. The smallest absolute Gasteiger partial charge is 0.0831 e. The van der Waals surface area contributed by atoms with E-state index >= 15 is 0 Å². The molecule has 4 aromatic rings. The van der Waals surface area contributed by atoms with Gasteiger partial charge >= 0.3 is 0 Å². The zero-order valence-electron chi connectivity index (χ0n) is 13.2. The number of benzene rings is 2. The standard InChI is InChI=1S/C10H10N2.C9H7ClN2/c1-9-4-2-5-10(8-9)12-7-3-6-11-12;10-8-4-1-2-5-9(8)12-7-3-6-11-12/h2-8H,1H3;1-7H. The van der Waals surface area contributed by atoms with Gasteiger partial charge in [-0.3, -0.25) is 0 Å². The van der Waals surface area contributed by atoms with E-state index in [1.807, 2.05) is 65.6 Å². The zero-order valence-corrected chi connectivity index (χ0v) is 14.0. The molecule has 0 bridgehead atoms. The molecule has 2 aromatic carbocycles. The Labute approximate surface area is 145 Å². The van der Waals surface area contributed by atoms with Crippen LogP contribution in [-0.4, -0.2) is 19.6 Å². The number of hydrogen-bond acceptors (Lipinski definition) is 2. The molecule has 0 spiro atoms. The third-order valence-electron chi connectivity index (χ3n) is 3.37. The average molecular weight is 337 g/mol. The molecule has 0 fully saturated rings. The van der Waals surface area contributed by atoms with Gasteiger partial charge in [-0.25, -0.2) is 9.36 Å². The molecule has 24 heavy (non-hydrogen) atoms. The van der Waals surface area contributed by atoms with E-state index in [0.717, 1.165) is 11.4 Å². The van der Waals surface area contributed by atoms with Gasteiger partial charge in [0.1, 0.15) is 0 Å². The Bertz CT molecular complexity index is 883. The summed E-state index contributed by atoms with van der Waals surface area (Å²) in [4.78, 5) is 0. The summed E-state index contributed by atoms with van der Waals surface area (Å²) in [6.07, 6.45) is 7.31. The third-order valence-corrected chi connectivity index (χ3v) is 3.69. The van der Waals surface area contributed by atoms with Crippen LogP contribution in [0.1, 0.15) is 5.56 Å². The first-order valence-corrected chi connectivity index (χ1v) is 7.93. The van der Waals surface area contributed by atoms with Crippen LogP contribution in [0.2, 0.25) is 5.02 Å². The Balaban J connectivity index is 0.000000141. The van der Waals surface area contributed by atoms with Crippen LogP contribution in [0.3, 0.4) is 0 Å². The first-order valence-electron chi connectivity index (χ1n) is 7.55. The van der Waals surface area contributed by atoms with E-state index in [-0.39, 0.29) is 0 Å². The van der Waals surface area contributed by atoms with Crippen molar-refractivity contribution in [3.05, 3.63) is 96.0 Å². The van der Waals surface area contributed by atoms with Crippen LogP contribution in [0.15, 0.2) is 85.5 Å². The lowest BCUT2D eigenvalue weighted by atomic mass is 10.2. The van der Waals surface area contributed by atoms with E-state index in [2.05, 4.69) is 29.3 Å². The largest absolute Gasteiger partial charge is 0.241 e. The van der Waals surface area contributed by atoms with Crippen molar-refractivity contribution in [2.45, 2.75) is 6.92 Å². The fraction of sp³-hybridized carbons (Fsp3) is 0.0526. The molecular formula is C19H17ClN4. The number of halogens is 1. The van der Waals surface area contributed by atoms with Crippen LogP contribution in [0.25, 0.3) is 11.4 Å². The van der Waals surface area contributed by atoms with Crippen molar-refractivity contribution in [3.63, 3.8) is 0 Å². The SMILES string of the molecule is Cc1cccc(-n2cccn2)c1.Clc1ccccc1-n1cccn1. The first-order chi connectivity index (χ1) is 11.7. The van der Waals surface area contributed by atoms with Gasteiger partial charge in [-0.1, -0.05) is 35.9 Å². The minimum atomic E-state index is 0.709. The average Bonchev–Trinajstić information content (AvgIpc) is 3.30. The Morgan fingerprint density at radius 3 is 2.12 bits per heavy atom. The number of hydrogen-bond donors (Lipinski definition) is 0. The number of aryl methyl sites for hydroxylation is 1. The van der Waals surface area contributed by atoms with E-state index in [1.54, 1.807) is 17.1 Å². The molecule has 0 aliphatic heterocycles. The van der Waals surface area contributed by atoms with Gasteiger partial charge in [0, 0.05) is 24.8 Å². The van der Waals surface area contributed by atoms with Gasteiger partial charge in [-0.2, -0.15) is 10.2 Å². The summed E-state index contributed by atoms with van der Waals surface area (Å²) in [5.41, 5.74) is 3.27. The van der Waals surface area contributed by atoms with Crippen molar-refractivity contribution in [3.8, 4) is 11.4 Å².